The maximum absolute atomic E-state index is 13.2. The minimum atomic E-state index is -0.129. The molecule has 4 aromatic rings. The van der Waals surface area contributed by atoms with Gasteiger partial charge >= 0.3 is 0 Å². The summed E-state index contributed by atoms with van der Waals surface area (Å²) in [5.41, 5.74) is 1.89. The number of hydrogen-bond acceptors (Lipinski definition) is 6. The van der Waals surface area contributed by atoms with E-state index in [0.717, 1.165) is 26.6 Å². The maximum atomic E-state index is 13.2. The molecule has 6 nitrogen and oxygen atoms in total. The molecule has 166 valence electrons. The number of benzene rings is 3. The third-order valence-electron chi connectivity index (χ3n) is 5.30. The first-order valence-corrected chi connectivity index (χ1v) is 11.3. The Labute approximate surface area is 192 Å². The molecule has 0 saturated heterocycles. The van der Waals surface area contributed by atoms with Crippen molar-refractivity contribution in [1.29, 1.82) is 0 Å². The van der Waals surface area contributed by atoms with Crippen LogP contribution in [0.2, 0.25) is 0 Å². The summed E-state index contributed by atoms with van der Waals surface area (Å²) in [4.78, 5) is 21.7. The van der Waals surface area contributed by atoms with Gasteiger partial charge in [-0.3, -0.25) is 9.69 Å². The quantitative estimate of drug-likeness (QED) is 0.389. The maximum Gasteiger partial charge on any atom is 0.266 e. The molecule has 0 radical (unpaired) electrons. The van der Waals surface area contributed by atoms with Crippen molar-refractivity contribution >= 4 is 43.4 Å². The summed E-state index contributed by atoms with van der Waals surface area (Å²) >= 11 is 1.50. The number of likely N-dealkylation sites (N-methyl/N-ethyl adjacent to an activating group) is 1. The Balaban J connectivity index is 1.58. The van der Waals surface area contributed by atoms with Crippen LogP contribution in [0.1, 0.15) is 5.56 Å². The summed E-state index contributed by atoms with van der Waals surface area (Å²) in [6, 6.07) is 17.9. The van der Waals surface area contributed by atoms with Gasteiger partial charge in [-0.15, -0.1) is 0 Å². The van der Waals surface area contributed by atoms with E-state index in [9.17, 15) is 4.79 Å². The zero-order valence-electron chi connectivity index (χ0n) is 18.8. The van der Waals surface area contributed by atoms with Gasteiger partial charge in [0.1, 0.15) is 17.0 Å². The molecule has 0 bridgehead atoms. The molecule has 7 heteroatoms. The molecule has 0 N–H and O–H groups in total. The van der Waals surface area contributed by atoms with Crippen molar-refractivity contribution < 1.29 is 14.3 Å². The van der Waals surface area contributed by atoms with E-state index in [0.29, 0.717) is 29.7 Å². The van der Waals surface area contributed by atoms with Crippen molar-refractivity contribution in [2.45, 2.75) is 6.92 Å². The van der Waals surface area contributed by atoms with Crippen LogP contribution in [-0.2, 0) is 4.79 Å². The molecule has 1 aromatic heterocycles. The summed E-state index contributed by atoms with van der Waals surface area (Å²) in [6.07, 6.45) is 0. The Bertz CT molecular complexity index is 1250. The van der Waals surface area contributed by atoms with Crippen LogP contribution in [0.3, 0.4) is 0 Å². The smallest absolute Gasteiger partial charge is 0.266 e. The van der Waals surface area contributed by atoms with Crippen molar-refractivity contribution in [2.75, 3.05) is 45.8 Å². The number of amides is 1. The number of methoxy groups -OCH3 is 1. The first-order valence-electron chi connectivity index (χ1n) is 10.5. The van der Waals surface area contributed by atoms with E-state index >= 15 is 0 Å². The Morgan fingerprint density at radius 2 is 1.81 bits per heavy atom. The highest BCUT2D eigenvalue weighted by atomic mass is 32.1. The van der Waals surface area contributed by atoms with E-state index in [1.807, 2.05) is 74.4 Å². The number of carbonyl (C=O) groups excluding carboxylic acids is 1. The third-order valence-corrected chi connectivity index (χ3v) is 6.51. The second-order valence-corrected chi connectivity index (χ2v) is 8.88. The van der Waals surface area contributed by atoms with Crippen LogP contribution in [0.15, 0.2) is 54.6 Å². The van der Waals surface area contributed by atoms with Crippen LogP contribution in [0, 0.1) is 6.92 Å². The number of fused-ring (bicyclic) bond motifs is 2. The Morgan fingerprint density at radius 3 is 2.56 bits per heavy atom. The standard InChI is InChI=1S/C25H27N3O3S/c1-17-9-12-21(30-4)23-24(17)32-25(26-23)28(14-13-27(2)3)22(29)16-31-20-11-10-18-7-5-6-8-19(18)15-20/h5-12,15H,13-14,16H2,1-4H3. The molecule has 1 amide bonds. The summed E-state index contributed by atoms with van der Waals surface area (Å²) < 4.78 is 12.4. The molecule has 4 rings (SSSR count). The first kappa shape index (κ1) is 22.0. The van der Waals surface area contributed by atoms with Crippen molar-refractivity contribution in [2.24, 2.45) is 0 Å². The molecule has 1 heterocycles. The van der Waals surface area contributed by atoms with Crippen molar-refractivity contribution in [3.05, 3.63) is 60.2 Å². The van der Waals surface area contributed by atoms with Crippen LogP contribution < -0.4 is 14.4 Å². The highest BCUT2D eigenvalue weighted by Gasteiger charge is 2.22. The van der Waals surface area contributed by atoms with Gasteiger partial charge in [0, 0.05) is 13.1 Å². The molecular weight excluding hydrogens is 422 g/mol. The number of nitrogens with zero attached hydrogens (tertiary/aromatic N) is 3. The molecular formula is C25H27N3O3S. The summed E-state index contributed by atoms with van der Waals surface area (Å²) in [6.45, 7) is 3.22. The van der Waals surface area contributed by atoms with Gasteiger partial charge in [0.15, 0.2) is 11.7 Å². The van der Waals surface area contributed by atoms with Crippen LogP contribution in [0.5, 0.6) is 11.5 Å². The lowest BCUT2D eigenvalue weighted by Gasteiger charge is -2.22. The molecule has 0 aliphatic carbocycles. The fraction of sp³-hybridized carbons (Fsp3) is 0.280. The fourth-order valence-electron chi connectivity index (χ4n) is 3.49. The minimum absolute atomic E-state index is 0.0577. The minimum Gasteiger partial charge on any atom is -0.494 e. The molecule has 0 aliphatic heterocycles. The largest absolute Gasteiger partial charge is 0.494 e. The van der Waals surface area contributed by atoms with Gasteiger partial charge in [-0.1, -0.05) is 47.7 Å². The van der Waals surface area contributed by atoms with Gasteiger partial charge in [-0.05, 0) is 55.6 Å². The predicted molar refractivity (Wildman–Crippen MR) is 131 cm³/mol. The average Bonchev–Trinajstić information content (AvgIpc) is 3.24. The van der Waals surface area contributed by atoms with Gasteiger partial charge in [-0.2, -0.15) is 0 Å². The summed E-state index contributed by atoms with van der Waals surface area (Å²) in [5.74, 6) is 1.25. The lowest BCUT2D eigenvalue weighted by Crippen LogP contribution is -2.39. The second kappa shape index (κ2) is 9.54. The number of aromatic nitrogens is 1. The topological polar surface area (TPSA) is 54.9 Å². The van der Waals surface area contributed by atoms with Gasteiger partial charge in [0.05, 0.1) is 11.8 Å². The summed E-state index contributed by atoms with van der Waals surface area (Å²) in [7, 11) is 5.61. The van der Waals surface area contributed by atoms with E-state index < -0.39 is 0 Å². The van der Waals surface area contributed by atoms with Gasteiger partial charge in [0.25, 0.3) is 5.91 Å². The van der Waals surface area contributed by atoms with Crippen molar-refractivity contribution in [3.8, 4) is 11.5 Å². The number of rotatable bonds is 8. The lowest BCUT2D eigenvalue weighted by atomic mass is 10.1. The van der Waals surface area contributed by atoms with Crippen LogP contribution >= 0.6 is 11.3 Å². The molecule has 0 atom stereocenters. The lowest BCUT2D eigenvalue weighted by molar-refractivity contribution is -0.120. The highest BCUT2D eigenvalue weighted by Crippen LogP contribution is 2.36. The van der Waals surface area contributed by atoms with Crippen molar-refractivity contribution in [3.63, 3.8) is 0 Å². The number of thiazole rings is 1. The van der Waals surface area contributed by atoms with E-state index in [4.69, 9.17) is 14.5 Å². The molecule has 0 saturated carbocycles. The molecule has 0 spiro atoms. The molecule has 0 fully saturated rings. The molecule has 0 aliphatic rings. The predicted octanol–water partition coefficient (Wildman–Crippen LogP) is 4.74. The van der Waals surface area contributed by atoms with E-state index in [2.05, 4.69) is 6.07 Å². The van der Waals surface area contributed by atoms with Gasteiger partial charge in [-0.25, -0.2) is 4.98 Å². The zero-order chi connectivity index (χ0) is 22.7. The van der Waals surface area contributed by atoms with E-state index in [1.54, 1.807) is 12.0 Å². The van der Waals surface area contributed by atoms with Crippen molar-refractivity contribution in [1.82, 2.24) is 9.88 Å². The molecule has 32 heavy (non-hydrogen) atoms. The van der Waals surface area contributed by atoms with Crippen LogP contribution in [0.25, 0.3) is 21.0 Å². The molecule has 0 unspecified atom stereocenters. The average molecular weight is 450 g/mol. The van der Waals surface area contributed by atoms with Crippen LogP contribution in [0.4, 0.5) is 5.13 Å². The SMILES string of the molecule is COc1ccc(C)c2sc(N(CCN(C)C)C(=O)COc3ccc4ccccc4c3)nc12. The third kappa shape index (κ3) is 4.69. The zero-order valence-corrected chi connectivity index (χ0v) is 19.6. The monoisotopic (exact) mass is 449 g/mol. The Hall–Kier alpha value is -3.16. The Kier molecular flexibility index (Phi) is 6.58. The number of aryl methyl sites for hydroxylation is 1. The number of hydrogen-bond donors (Lipinski definition) is 0. The highest BCUT2D eigenvalue weighted by molar-refractivity contribution is 7.22. The second-order valence-electron chi connectivity index (χ2n) is 7.91. The normalized spacial score (nSPS) is 11.3. The Morgan fingerprint density at radius 1 is 1.03 bits per heavy atom. The van der Waals surface area contributed by atoms with Gasteiger partial charge in [0.2, 0.25) is 0 Å². The van der Waals surface area contributed by atoms with E-state index in [1.165, 1.54) is 11.3 Å². The number of carbonyl (C=O) groups is 1. The van der Waals surface area contributed by atoms with E-state index in [-0.39, 0.29) is 12.5 Å². The number of anilines is 1. The number of ether oxygens (including phenoxy) is 2. The fourth-order valence-corrected chi connectivity index (χ4v) is 4.58. The van der Waals surface area contributed by atoms with Crippen LogP contribution in [-0.4, -0.2) is 56.7 Å². The first-order chi connectivity index (χ1) is 15.5. The molecule has 3 aromatic carbocycles. The summed E-state index contributed by atoms with van der Waals surface area (Å²) in [5, 5.41) is 2.87. The van der Waals surface area contributed by atoms with Gasteiger partial charge < -0.3 is 14.4 Å².